The molecule has 1 amide bonds. The van der Waals surface area contributed by atoms with Crippen LogP contribution in [0.2, 0.25) is 0 Å². The van der Waals surface area contributed by atoms with E-state index in [9.17, 15) is 4.79 Å². The number of rotatable bonds is 4. The molecule has 4 N–H and O–H groups in total. The Morgan fingerprint density at radius 3 is 2.27 bits per heavy atom. The summed E-state index contributed by atoms with van der Waals surface area (Å²) in [5.41, 5.74) is 10.2. The monoisotopic (exact) mass is 213 g/mol. The van der Waals surface area contributed by atoms with Crippen LogP contribution in [0.5, 0.6) is 0 Å². The summed E-state index contributed by atoms with van der Waals surface area (Å²) in [6, 6.07) is 0. The number of nitrogens with two attached hydrogens (primary N) is 2. The maximum atomic E-state index is 11.0. The molecule has 0 bridgehead atoms. The van der Waals surface area contributed by atoms with Gasteiger partial charge in [0.25, 0.3) is 0 Å². The van der Waals surface area contributed by atoms with E-state index >= 15 is 0 Å². The van der Waals surface area contributed by atoms with E-state index in [2.05, 4.69) is 18.7 Å². The molecule has 0 aromatic rings. The Labute approximate surface area is 92.0 Å². The number of nitrogens with zero attached hydrogens (tertiary/aromatic N) is 1. The van der Waals surface area contributed by atoms with Gasteiger partial charge in [-0.3, -0.25) is 4.79 Å². The van der Waals surface area contributed by atoms with E-state index in [4.69, 9.17) is 11.5 Å². The zero-order chi connectivity index (χ0) is 11.6. The molecule has 15 heavy (non-hydrogen) atoms. The maximum Gasteiger partial charge on any atom is 0.237 e. The molecule has 0 aromatic carbocycles. The molecule has 1 aliphatic rings. The topological polar surface area (TPSA) is 72.3 Å². The number of likely N-dealkylation sites (tertiary alicyclic amines) is 1. The van der Waals surface area contributed by atoms with Gasteiger partial charge >= 0.3 is 0 Å². The van der Waals surface area contributed by atoms with Crippen molar-refractivity contribution in [1.29, 1.82) is 0 Å². The van der Waals surface area contributed by atoms with Gasteiger partial charge in [0.05, 0.1) is 5.54 Å². The van der Waals surface area contributed by atoms with Crippen LogP contribution >= 0.6 is 0 Å². The second-order valence-corrected chi connectivity index (χ2v) is 5.25. The van der Waals surface area contributed by atoms with Crippen LogP contribution < -0.4 is 11.5 Å². The van der Waals surface area contributed by atoms with Gasteiger partial charge in [-0.05, 0) is 25.2 Å². The molecule has 1 rings (SSSR count). The fourth-order valence-corrected chi connectivity index (χ4v) is 1.95. The molecule has 1 aliphatic heterocycles. The minimum Gasteiger partial charge on any atom is -0.368 e. The van der Waals surface area contributed by atoms with Crippen molar-refractivity contribution in [1.82, 2.24) is 4.90 Å². The lowest BCUT2D eigenvalue weighted by Gasteiger charge is -2.24. The van der Waals surface area contributed by atoms with Gasteiger partial charge in [0.1, 0.15) is 0 Å². The smallest absolute Gasteiger partial charge is 0.237 e. The number of hydrogen-bond donors (Lipinski definition) is 2. The van der Waals surface area contributed by atoms with E-state index in [0.717, 1.165) is 31.5 Å². The summed E-state index contributed by atoms with van der Waals surface area (Å²) < 4.78 is 0. The third kappa shape index (κ3) is 3.18. The molecule has 1 saturated heterocycles. The van der Waals surface area contributed by atoms with E-state index in [1.807, 2.05) is 0 Å². The summed E-state index contributed by atoms with van der Waals surface area (Å²) in [5.74, 6) is 1.06. The van der Waals surface area contributed by atoms with E-state index < -0.39 is 11.4 Å². The van der Waals surface area contributed by atoms with Gasteiger partial charge in [-0.2, -0.15) is 0 Å². The van der Waals surface area contributed by atoms with Crippen molar-refractivity contribution in [3.05, 3.63) is 0 Å². The summed E-state index contributed by atoms with van der Waals surface area (Å²) in [5, 5.41) is 0. The maximum absolute atomic E-state index is 11.0. The summed E-state index contributed by atoms with van der Waals surface area (Å²) in [6.45, 7) is 9.32. The van der Waals surface area contributed by atoms with Crippen molar-refractivity contribution in [2.75, 3.05) is 19.6 Å². The van der Waals surface area contributed by atoms with Gasteiger partial charge in [0.15, 0.2) is 0 Å². The normalized spacial score (nSPS) is 31.5. The Balaban J connectivity index is 2.36. The molecule has 0 aromatic heterocycles. The molecule has 3 atom stereocenters. The van der Waals surface area contributed by atoms with Crippen molar-refractivity contribution in [3.8, 4) is 0 Å². The molecule has 1 heterocycles. The molecule has 88 valence electrons. The van der Waals surface area contributed by atoms with Crippen LogP contribution in [0.15, 0.2) is 0 Å². The van der Waals surface area contributed by atoms with E-state index in [0.29, 0.717) is 6.42 Å². The highest BCUT2D eigenvalue weighted by Gasteiger charge is 2.30. The number of carbonyl (C=O) groups is 1. The average Bonchev–Trinajstić information content (AvgIpc) is 2.43. The van der Waals surface area contributed by atoms with E-state index in [-0.39, 0.29) is 0 Å². The first-order valence-electron chi connectivity index (χ1n) is 5.64. The number of carbonyl (C=O) groups excluding carboxylic acids is 1. The number of primary amides is 1. The average molecular weight is 213 g/mol. The SMILES string of the molecule is CC1CN(CCC(C)(N)C(N)=O)CC1C. The Hall–Kier alpha value is -0.610. The van der Waals surface area contributed by atoms with Gasteiger partial charge in [0, 0.05) is 19.6 Å². The Morgan fingerprint density at radius 1 is 1.40 bits per heavy atom. The summed E-state index contributed by atoms with van der Waals surface area (Å²) >= 11 is 0. The van der Waals surface area contributed by atoms with Crippen LogP contribution in [0.25, 0.3) is 0 Å². The quantitative estimate of drug-likeness (QED) is 0.699. The fourth-order valence-electron chi connectivity index (χ4n) is 1.95. The second kappa shape index (κ2) is 4.49. The molecule has 4 heteroatoms. The lowest BCUT2D eigenvalue weighted by atomic mass is 9.98. The van der Waals surface area contributed by atoms with Crippen LogP contribution in [0.3, 0.4) is 0 Å². The van der Waals surface area contributed by atoms with Crippen molar-refractivity contribution < 1.29 is 4.79 Å². The van der Waals surface area contributed by atoms with Crippen LogP contribution in [0, 0.1) is 11.8 Å². The molecule has 4 nitrogen and oxygen atoms in total. The van der Waals surface area contributed by atoms with E-state index in [1.165, 1.54) is 0 Å². The third-order valence-corrected chi connectivity index (χ3v) is 3.57. The first kappa shape index (κ1) is 12.5. The minimum absolute atomic E-state index is 0.414. The molecule has 3 unspecified atom stereocenters. The van der Waals surface area contributed by atoms with Crippen LogP contribution in [-0.4, -0.2) is 36.0 Å². The van der Waals surface area contributed by atoms with E-state index in [1.54, 1.807) is 6.92 Å². The summed E-state index contributed by atoms with van der Waals surface area (Å²) in [7, 11) is 0. The summed E-state index contributed by atoms with van der Waals surface area (Å²) in [6.07, 6.45) is 0.641. The Morgan fingerprint density at radius 2 is 1.87 bits per heavy atom. The van der Waals surface area contributed by atoms with Crippen LogP contribution in [0.4, 0.5) is 0 Å². The molecular weight excluding hydrogens is 190 g/mol. The number of hydrogen-bond acceptors (Lipinski definition) is 3. The predicted octanol–water partition coefficient (Wildman–Crippen LogP) is 0.167. The first-order chi connectivity index (χ1) is 6.83. The highest BCUT2D eigenvalue weighted by atomic mass is 16.1. The van der Waals surface area contributed by atoms with Gasteiger partial charge < -0.3 is 16.4 Å². The molecule has 1 fully saturated rings. The lowest BCUT2D eigenvalue weighted by Crippen LogP contribution is -2.51. The molecule has 0 spiro atoms. The van der Waals surface area contributed by atoms with Crippen molar-refractivity contribution in [3.63, 3.8) is 0 Å². The van der Waals surface area contributed by atoms with Crippen molar-refractivity contribution in [2.45, 2.75) is 32.7 Å². The van der Waals surface area contributed by atoms with Gasteiger partial charge in [-0.25, -0.2) is 0 Å². The highest BCUT2D eigenvalue weighted by molar-refractivity contribution is 5.83. The zero-order valence-corrected chi connectivity index (χ0v) is 9.99. The summed E-state index contributed by atoms with van der Waals surface area (Å²) in [4.78, 5) is 13.4. The fraction of sp³-hybridized carbons (Fsp3) is 0.909. The standard InChI is InChI=1S/C11H23N3O/c1-8-6-14(7-9(8)2)5-4-11(3,13)10(12)15/h8-9H,4-7,13H2,1-3H3,(H2,12,15). The first-order valence-corrected chi connectivity index (χ1v) is 5.64. The minimum atomic E-state index is -0.866. The van der Waals surface area contributed by atoms with Crippen molar-refractivity contribution >= 4 is 5.91 Å². The third-order valence-electron chi connectivity index (χ3n) is 3.57. The Kier molecular flexibility index (Phi) is 3.73. The second-order valence-electron chi connectivity index (χ2n) is 5.25. The zero-order valence-electron chi connectivity index (χ0n) is 9.99. The predicted molar refractivity (Wildman–Crippen MR) is 61.2 cm³/mol. The van der Waals surface area contributed by atoms with Gasteiger partial charge in [-0.1, -0.05) is 13.8 Å². The largest absolute Gasteiger partial charge is 0.368 e. The molecule has 0 aliphatic carbocycles. The highest BCUT2D eigenvalue weighted by Crippen LogP contribution is 2.22. The lowest BCUT2D eigenvalue weighted by molar-refractivity contribution is -0.122. The molecular formula is C11H23N3O. The van der Waals surface area contributed by atoms with Crippen LogP contribution in [0.1, 0.15) is 27.2 Å². The number of amides is 1. The van der Waals surface area contributed by atoms with Crippen LogP contribution in [-0.2, 0) is 4.79 Å². The van der Waals surface area contributed by atoms with Gasteiger partial charge in [-0.15, -0.1) is 0 Å². The van der Waals surface area contributed by atoms with Gasteiger partial charge in [0.2, 0.25) is 5.91 Å². The molecule has 0 saturated carbocycles. The molecule has 0 radical (unpaired) electrons. The Bertz CT molecular complexity index is 230. The van der Waals surface area contributed by atoms with Crippen molar-refractivity contribution in [2.24, 2.45) is 23.3 Å².